The van der Waals surface area contributed by atoms with Crippen molar-refractivity contribution in [2.45, 2.75) is 13.8 Å². The van der Waals surface area contributed by atoms with Crippen molar-refractivity contribution in [2.75, 3.05) is 18.5 Å². The van der Waals surface area contributed by atoms with Gasteiger partial charge in [-0.1, -0.05) is 15.9 Å². The van der Waals surface area contributed by atoms with Crippen LogP contribution in [0.25, 0.3) is 0 Å². The van der Waals surface area contributed by atoms with Crippen LogP contribution in [0.5, 0.6) is 5.75 Å². The van der Waals surface area contributed by atoms with Crippen molar-refractivity contribution in [1.29, 1.82) is 0 Å². The Labute approximate surface area is 204 Å². The molecule has 29 heavy (non-hydrogen) atoms. The first-order valence-corrected chi connectivity index (χ1v) is 11.4. The summed E-state index contributed by atoms with van der Waals surface area (Å²) in [6.07, 6.45) is 1.53. The second-order valence-electron chi connectivity index (χ2n) is 5.70. The van der Waals surface area contributed by atoms with E-state index in [-0.39, 0.29) is 6.61 Å². The average Bonchev–Trinajstić information content (AvgIpc) is 2.64. The third-order valence-electron chi connectivity index (χ3n) is 3.46. The minimum Gasteiger partial charge on any atom is -0.480 e. The summed E-state index contributed by atoms with van der Waals surface area (Å²) in [4.78, 5) is 23.4. The number of urea groups is 1. The molecule has 0 unspecified atom stereocenters. The van der Waals surface area contributed by atoms with Crippen LogP contribution < -0.4 is 15.5 Å². The Balaban J connectivity index is 1.95. The number of carbonyl (C=O) groups is 2. The fraction of sp³-hybridized carbons (Fsp3) is 0.211. The van der Waals surface area contributed by atoms with Crippen molar-refractivity contribution in [1.82, 2.24) is 5.43 Å². The highest BCUT2D eigenvalue weighted by Crippen LogP contribution is 2.28. The van der Waals surface area contributed by atoms with Gasteiger partial charge < -0.3 is 14.8 Å². The molecule has 0 aliphatic heterocycles. The predicted molar refractivity (Wildman–Crippen MR) is 133 cm³/mol. The average molecular weight is 686 g/mol. The van der Waals surface area contributed by atoms with E-state index >= 15 is 0 Å². The first-order valence-electron chi connectivity index (χ1n) is 8.43. The number of hydrogen-bond donors (Lipinski definition) is 2. The molecule has 10 heteroatoms. The van der Waals surface area contributed by atoms with Crippen molar-refractivity contribution in [2.24, 2.45) is 5.10 Å². The number of aryl methyl sites for hydroxylation is 1. The van der Waals surface area contributed by atoms with Gasteiger partial charge >= 0.3 is 12.0 Å². The third kappa shape index (κ3) is 7.74. The largest absolute Gasteiger partial charge is 0.480 e. The van der Waals surface area contributed by atoms with E-state index in [4.69, 9.17) is 9.47 Å². The summed E-state index contributed by atoms with van der Waals surface area (Å²) in [5.41, 5.74) is 4.90. The maximum atomic E-state index is 12.0. The molecular formula is C19H18BrI2N3O4. The summed E-state index contributed by atoms with van der Waals surface area (Å²) in [6, 6.07) is 8.74. The second kappa shape index (κ2) is 11.7. The molecule has 2 aromatic carbocycles. The molecule has 154 valence electrons. The number of anilines is 1. The normalized spacial score (nSPS) is 10.7. The molecule has 0 atom stereocenters. The monoisotopic (exact) mass is 685 g/mol. The number of nitrogens with one attached hydrogen (secondary N) is 2. The highest BCUT2D eigenvalue weighted by Gasteiger charge is 2.11. The van der Waals surface area contributed by atoms with Crippen molar-refractivity contribution in [3.8, 4) is 5.75 Å². The van der Waals surface area contributed by atoms with Crippen LogP contribution in [0.1, 0.15) is 18.1 Å². The van der Waals surface area contributed by atoms with Gasteiger partial charge in [-0.15, -0.1) is 0 Å². The van der Waals surface area contributed by atoms with E-state index in [9.17, 15) is 9.59 Å². The first kappa shape index (κ1) is 23.9. The van der Waals surface area contributed by atoms with Gasteiger partial charge in [0.25, 0.3) is 0 Å². The molecule has 0 radical (unpaired) electrons. The zero-order valence-corrected chi connectivity index (χ0v) is 21.5. The Morgan fingerprint density at radius 3 is 2.52 bits per heavy atom. The summed E-state index contributed by atoms with van der Waals surface area (Å²) < 4.78 is 13.0. The van der Waals surface area contributed by atoms with E-state index in [0.717, 1.165) is 22.7 Å². The molecule has 0 saturated carbocycles. The Hall–Kier alpha value is -1.41. The van der Waals surface area contributed by atoms with Crippen LogP contribution in [-0.2, 0) is 9.53 Å². The lowest BCUT2D eigenvalue weighted by Crippen LogP contribution is -2.24. The number of amides is 2. The zero-order chi connectivity index (χ0) is 21.4. The van der Waals surface area contributed by atoms with E-state index in [2.05, 4.69) is 77.0 Å². The van der Waals surface area contributed by atoms with Gasteiger partial charge in [-0.25, -0.2) is 15.0 Å². The van der Waals surface area contributed by atoms with Crippen molar-refractivity contribution in [3.63, 3.8) is 0 Å². The molecule has 0 aliphatic carbocycles. The van der Waals surface area contributed by atoms with E-state index < -0.39 is 12.0 Å². The number of nitrogens with zero attached hydrogens (tertiary/aromatic N) is 1. The number of rotatable bonds is 7. The first-order chi connectivity index (χ1) is 13.8. The minimum absolute atomic E-state index is 0.148. The molecule has 2 aromatic rings. The molecular weight excluding hydrogens is 668 g/mol. The van der Waals surface area contributed by atoms with Gasteiger partial charge in [-0.3, -0.25) is 0 Å². The number of benzene rings is 2. The van der Waals surface area contributed by atoms with Gasteiger partial charge in [-0.05, 0) is 100 Å². The van der Waals surface area contributed by atoms with E-state index in [1.807, 2.05) is 31.2 Å². The minimum atomic E-state index is -0.443. The number of hydrazone groups is 1. The molecule has 2 N–H and O–H groups in total. The van der Waals surface area contributed by atoms with E-state index in [0.29, 0.717) is 18.0 Å². The maximum absolute atomic E-state index is 12.0. The Bertz CT molecular complexity index is 915. The lowest BCUT2D eigenvalue weighted by Gasteiger charge is -2.10. The Morgan fingerprint density at radius 2 is 1.90 bits per heavy atom. The summed E-state index contributed by atoms with van der Waals surface area (Å²) in [5.74, 6) is 0.189. The second-order valence-corrected chi connectivity index (χ2v) is 8.87. The van der Waals surface area contributed by atoms with E-state index in [1.54, 1.807) is 13.0 Å². The predicted octanol–water partition coefficient (Wildman–Crippen LogP) is 5.06. The molecule has 0 bridgehead atoms. The molecule has 2 rings (SSSR count). The van der Waals surface area contributed by atoms with E-state index in [1.165, 1.54) is 6.21 Å². The molecule has 0 heterocycles. The topological polar surface area (TPSA) is 89.0 Å². The number of ether oxygens (including phenoxy) is 2. The van der Waals surface area contributed by atoms with Crippen molar-refractivity contribution in [3.05, 3.63) is 53.1 Å². The number of halogens is 3. The molecule has 0 spiro atoms. The van der Waals surface area contributed by atoms with Crippen LogP contribution in [0, 0.1) is 14.1 Å². The standard InChI is InChI=1S/C19H18BrI2N3O4/c1-3-28-17(26)10-29-18-15(21)7-12(8-16(18)22)9-23-25-19(27)24-13-4-5-14(20)11(2)6-13/h4-9H,3,10H2,1-2H3,(H2,24,25,27)/b23-9+. The van der Waals surface area contributed by atoms with Crippen LogP contribution in [0.2, 0.25) is 0 Å². The number of hydrogen-bond acceptors (Lipinski definition) is 5. The third-order valence-corrected chi connectivity index (χ3v) is 5.95. The Morgan fingerprint density at radius 1 is 1.21 bits per heavy atom. The van der Waals surface area contributed by atoms with Crippen LogP contribution in [0.15, 0.2) is 39.9 Å². The van der Waals surface area contributed by atoms with Gasteiger partial charge in [0.05, 0.1) is 20.0 Å². The number of carbonyl (C=O) groups excluding carboxylic acids is 2. The van der Waals surface area contributed by atoms with Crippen molar-refractivity contribution < 1.29 is 19.1 Å². The van der Waals surface area contributed by atoms with Crippen molar-refractivity contribution >= 4 is 85.0 Å². The quantitative estimate of drug-likeness (QED) is 0.185. The molecule has 0 saturated heterocycles. The summed E-state index contributed by atoms with van der Waals surface area (Å²) >= 11 is 7.66. The van der Waals surface area contributed by atoms with Crippen LogP contribution >= 0.6 is 61.1 Å². The van der Waals surface area contributed by atoms with Crippen LogP contribution in [0.4, 0.5) is 10.5 Å². The van der Waals surface area contributed by atoms with Gasteiger partial charge in [0.15, 0.2) is 6.61 Å². The SMILES string of the molecule is CCOC(=O)COc1c(I)cc(/C=N/NC(=O)Nc2ccc(Br)c(C)c2)cc1I. The van der Waals surface area contributed by atoms with Gasteiger partial charge in [-0.2, -0.15) is 5.10 Å². The summed E-state index contributed by atoms with van der Waals surface area (Å²) in [6.45, 7) is 3.85. The lowest BCUT2D eigenvalue weighted by molar-refractivity contribution is -0.145. The van der Waals surface area contributed by atoms with Gasteiger partial charge in [0.1, 0.15) is 5.75 Å². The lowest BCUT2D eigenvalue weighted by atomic mass is 10.2. The zero-order valence-electron chi connectivity index (χ0n) is 15.6. The fourth-order valence-electron chi connectivity index (χ4n) is 2.17. The highest BCUT2D eigenvalue weighted by molar-refractivity contribution is 14.1. The highest BCUT2D eigenvalue weighted by atomic mass is 127. The molecule has 0 aromatic heterocycles. The molecule has 0 aliphatic rings. The molecule has 0 fully saturated rings. The van der Waals surface area contributed by atoms with Gasteiger partial charge in [0, 0.05) is 10.2 Å². The summed E-state index contributed by atoms with van der Waals surface area (Å²) in [7, 11) is 0. The Kier molecular flexibility index (Phi) is 9.62. The smallest absolute Gasteiger partial charge is 0.344 e. The molecule has 7 nitrogen and oxygen atoms in total. The summed E-state index contributed by atoms with van der Waals surface area (Å²) in [5, 5.41) is 6.68. The molecule has 2 amide bonds. The van der Waals surface area contributed by atoms with Crippen LogP contribution in [-0.4, -0.2) is 31.4 Å². The maximum Gasteiger partial charge on any atom is 0.344 e. The van der Waals surface area contributed by atoms with Crippen LogP contribution in [0.3, 0.4) is 0 Å². The fourth-order valence-corrected chi connectivity index (χ4v) is 4.55. The van der Waals surface area contributed by atoms with Gasteiger partial charge in [0.2, 0.25) is 0 Å². The number of esters is 1.